The molecule has 0 radical (unpaired) electrons. The highest BCUT2D eigenvalue weighted by atomic mass is 15.0. The van der Waals surface area contributed by atoms with Crippen molar-refractivity contribution in [1.29, 1.82) is 0 Å². The molecule has 0 amide bonds. The van der Waals surface area contributed by atoms with Gasteiger partial charge in [-0.2, -0.15) is 0 Å². The standard InChI is InChI=1S/C48H32N2/c1-3-16-33(17-4-1)36-24-15-25-42(48(36)50-46-28-13-9-22-40(46)41-23-10-14-29-47(41)50)37-31-30-35(32-43(37)34-18-5-2-6-19-34)49-44-26-11-7-20-38(44)39-21-8-12-27-45(39)49/h1-32H. The summed E-state index contributed by atoms with van der Waals surface area (Å²) in [5.74, 6) is 0. The molecule has 2 aromatic heterocycles. The molecule has 0 aliphatic heterocycles. The Labute approximate surface area is 290 Å². The van der Waals surface area contributed by atoms with Crippen molar-refractivity contribution < 1.29 is 0 Å². The number of benzene rings is 8. The molecule has 50 heavy (non-hydrogen) atoms. The summed E-state index contributed by atoms with van der Waals surface area (Å²) in [6, 6.07) is 70.5. The highest BCUT2D eigenvalue weighted by molar-refractivity contribution is 6.11. The van der Waals surface area contributed by atoms with Gasteiger partial charge in [0.2, 0.25) is 0 Å². The summed E-state index contributed by atoms with van der Waals surface area (Å²) in [7, 11) is 0. The lowest BCUT2D eigenvalue weighted by molar-refractivity contribution is 1.17. The summed E-state index contributed by atoms with van der Waals surface area (Å²) in [4.78, 5) is 0. The van der Waals surface area contributed by atoms with E-state index < -0.39 is 0 Å². The number of fused-ring (bicyclic) bond motifs is 6. The lowest BCUT2D eigenvalue weighted by Crippen LogP contribution is -2.02. The fourth-order valence-corrected chi connectivity index (χ4v) is 7.98. The third kappa shape index (κ3) is 4.36. The minimum Gasteiger partial charge on any atom is -0.309 e. The molecule has 0 N–H and O–H groups in total. The molecule has 0 unspecified atom stereocenters. The van der Waals surface area contributed by atoms with E-state index in [1.165, 1.54) is 82.7 Å². The minimum atomic E-state index is 1.14. The van der Waals surface area contributed by atoms with Crippen LogP contribution < -0.4 is 0 Å². The predicted molar refractivity (Wildman–Crippen MR) is 211 cm³/mol. The Morgan fingerprint density at radius 2 is 0.680 bits per heavy atom. The van der Waals surface area contributed by atoms with Crippen LogP contribution in [-0.4, -0.2) is 9.13 Å². The first-order valence-corrected chi connectivity index (χ1v) is 17.2. The SMILES string of the molecule is c1ccc(-c2cc(-n3c4ccccc4c4ccccc43)ccc2-c2cccc(-c3ccccc3)c2-n2c3ccccc3c3ccccc32)cc1. The molecule has 0 fully saturated rings. The Hall–Kier alpha value is -6.64. The van der Waals surface area contributed by atoms with Gasteiger partial charge in [-0.15, -0.1) is 0 Å². The van der Waals surface area contributed by atoms with E-state index in [4.69, 9.17) is 0 Å². The van der Waals surface area contributed by atoms with Crippen LogP contribution in [0.3, 0.4) is 0 Å². The van der Waals surface area contributed by atoms with Gasteiger partial charge in [0.15, 0.2) is 0 Å². The maximum atomic E-state index is 2.48. The fraction of sp³-hybridized carbons (Fsp3) is 0. The second kappa shape index (κ2) is 11.5. The molecule has 10 aromatic rings. The van der Waals surface area contributed by atoms with Crippen LogP contribution in [0.15, 0.2) is 194 Å². The molecular formula is C48H32N2. The van der Waals surface area contributed by atoms with Gasteiger partial charge in [0, 0.05) is 38.4 Å². The molecule has 0 saturated heterocycles. The summed E-state index contributed by atoms with van der Waals surface area (Å²) in [5, 5.41) is 5.03. The first-order chi connectivity index (χ1) is 24.8. The van der Waals surface area contributed by atoms with E-state index in [0.29, 0.717) is 0 Å². The summed E-state index contributed by atoms with van der Waals surface area (Å²) in [5.41, 5.74) is 14.3. The molecule has 0 atom stereocenters. The van der Waals surface area contributed by atoms with Crippen LogP contribution in [0.4, 0.5) is 0 Å². The zero-order chi connectivity index (χ0) is 33.0. The molecule has 0 saturated carbocycles. The van der Waals surface area contributed by atoms with Crippen molar-refractivity contribution in [1.82, 2.24) is 9.13 Å². The van der Waals surface area contributed by atoms with E-state index in [1.54, 1.807) is 0 Å². The molecule has 8 aromatic carbocycles. The predicted octanol–water partition coefficient (Wildman–Crippen LogP) is 12.9. The molecule has 0 spiro atoms. The van der Waals surface area contributed by atoms with Crippen LogP contribution in [0.5, 0.6) is 0 Å². The molecule has 0 aliphatic rings. The maximum Gasteiger partial charge on any atom is 0.0619 e. The van der Waals surface area contributed by atoms with Gasteiger partial charge in [0.05, 0.1) is 27.8 Å². The average molecular weight is 637 g/mol. The Bertz CT molecular complexity index is 2750. The summed E-state index contributed by atoms with van der Waals surface area (Å²) >= 11 is 0. The van der Waals surface area contributed by atoms with Crippen molar-refractivity contribution in [2.45, 2.75) is 0 Å². The van der Waals surface area contributed by atoms with E-state index >= 15 is 0 Å². The Kier molecular flexibility index (Phi) is 6.53. The highest BCUT2D eigenvalue weighted by Gasteiger charge is 2.22. The Morgan fingerprint density at radius 1 is 0.260 bits per heavy atom. The lowest BCUT2D eigenvalue weighted by atomic mass is 9.90. The first kappa shape index (κ1) is 28.4. The number of hydrogen-bond donors (Lipinski definition) is 0. The molecule has 2 heterocycles. The van der Waals surface area contributed by atoms with E-state index in [2.05, 4.69) is 203 Å². The van der Waals surface area contributed by atoms with Crippen molar-refractivity contribution >= 4 is 43.6 Å². The van der Waals surface area contributed by atoms with Crippen molar-refractivity contribution in [2.75, 3.05) is 0 Å². The van der Waals surface area contributed by atoms with Gasteiger partial charge in [-0.05, 0) is 58.7 Å². The number of hydrogen-bond acceptors (Lipinski definition) is 0. The van der Waals surface area contributed by atoms with Crippen molar-refractivity contribution in [3.63, 3.8) is 0 Å². The van der Waals surface area contributed by atoms with Gasteiger partial charge >= 0.3 is 0 Å². The number of rotatable bonds is 5. The van der Waals surface area contributed by atoms with Crippen LogP contribution in [0, 0.1) is 0 Å². The monoisotopic (exact) mass is 636 g/mol. The van der Waals surface area contributed by atoms with Crippen LogP contribution in [0.25, 0.3) is 88.4 Å². The second-order valence-electron chi connectivity index (χ2n) is 12.9. The van der Waals surface area contributed by atoms with Crippen LogP contribution in [0.1, 0.15) is 0 Å². The lowest BCUT2D eigenvalue weighted by Gasteiger charge is -2.21. The zero-order valence-electron chi connectivity index (χ0n) is 27.4. The highest BCUT2D eigenvalue weighted by Crippen LogP contribution is 2.44. The van der Waals surface area contributed by atoms with Gasteiger partial charge < -0.3 is 9.13 Å². The van der Waals surface area contributed by atoms with Gasteiger partial charge in [-0.3, -0.25) is 0 Å². The van der Waals surface area contributed by atoms with Crippen LogP contribution >= 0.6 is 0 Å². The smallest absolute Gasteiger partial charge is 0.0619 e. The molecule has 2 nitrogen and oxygen atoms in total. The number of para-hydroxylation sites is 5. The van der Waals surface area contributed by atoms with Crippen LogP contribution in [0.2, 0.25) is 0 Å². The third-order valence-electron chi connectivity index (χ3n) is 10.1. The molecule has 2 heteroatoms. The molecule has 0 bridgehead atoms. The third-order valence-corrected chi connectivity index (χ3v) is 10.1. The van der Waals surface area contributed by atoms with Crippen molar-refractivity contribution in [3.05, 3.63) is 194 Å². The average Bonchev–Trinajstić information content (AvgIpc) is 3.71. The molecule has 234 valence electrons. The summed E-state index contributed by atoms with van der Waals surface area (Å²) < 4.78 is 4.90. The Balaban J connectivity index is 1.32. The maximum absolute atomic E-state index is 2.48. The molecular weight excluding hydrogens is 605 g/mol. The number of nitrogens with zero attached hydrogens (tertiary/aromatic N) is 2. The second-order valence-corrected chi connectivity index (χ2v) is 12.9. The summed E-state index contributed by atoms with van der Waals surface area (Å²) in [6.07, 6.45) is 0. The fourth-order valence-electron chi connectivity index (χ4n) is 7.98. The van der Waals surface area contributed by atoms with Gasteiger partial charge in [0.1, 0.15) is 0 Å². The van der Waals surface area contributed by atoms with E-state index in [1.807, 2.05) is 0 Å². The minimum absolute atomic E-state index is 1.14. The van der Waals surface area contributed by atoms with Gasteiger partial charge in [-0.1, -0.05) is 158 Å². The molecule has 10 rings (SSSR count). The molecule has 0 aliphatic carbocycles. The van der Waals surface area contributed by atoms with E-state index in [0.717, 1.165) is 5.69 Å². The topological polar surface area (TPSA) is 9.86 Å². The van der Waals surface area contributed by atoms with Crippen molar-refractivity contribution in [3.8, 4) is 44.8 Å². The zero-order valence-corrected chi connectivity index (χ0v) is 27.4. The van der Waals surface area contributed by atoms with E-state index in [9.17, 15) is 0 Å². The Morgan fingerprint density at radius 3 is 1.20 bits per heavy atom. The largest absolute Gasteiger partial charge is 0.309 e. The number of aromatic nitrogens is 2. The van der Waals surface area contributed by atoms with Gasteiger partial charge in [-0.25, -0.2) is 0 Å². The van der Waals surface area contributed by atoms with Gasteiger partial charge in [0.25, 0.3) is 0 Å². The quantitative estimate of drug-likeness (QED) is 0.178. The first-order valence-electron chi connectivity index (χ1n) is 17.2. The normalized spacial score (nSPS) is 11.6. The van der Waals surface area contributed by atoms with Crippen molar-refractivity contribution in [2.24, 2.45) is 0 Å². The van der Waals surface area contributed by atoms with Crippen LogP contribution in [-0.2, 0) is 0 Å². The summed E-state index contributed by atoms with van der Waals surface area (Å²) in [6.45, 7) is 0. The van der Waals surface area contributed by atoms with E-state index in [-0.39, 0.29) is 0 Å².